The van der Waals surface area contributed by atoms with Gasteiger partial charge in [0.15, 0.2) is 0 Å². The first kappa shape index (κ1) is 12.7. The van der Waals surface area contributed by atoms with E-state index in [4.69, 9.17) is 10.00 Å². The third-order valence-corrected chi connectivity index (χ3v) is 2.93. The lowest BCUT2D eigenvalue weighted by molar-refractivity contribution is 0.301. The second-order valence-corrected chi connectivity index (χ2v) is 4.67. The monoisotopic (exact) mass is 305 g/mol. The van der Waals surface area contributed by atoms with E-state index in [9.17, 15) is 0 Å². The predicted octanol–water partition coefficient (Wildman–Crippen LogP) is 2.99. The molecule has 18 heavy (non-hydrogen) atoms. The van der Waals surface area contributed by atoms with Gasteiger partial charge in [-0.05, 0) is 24.6 Å². The van der Waals surface area contributed by atoms with Crippen molar-refractivity contribution >= 4 is 15.9 Å². The highest BCUT2D eigenvalue weighted by Crippen LogP contribution is 2.22. The number of nitrogens with zero attached hydrogens (tertiary/aromatic N) is 3. The van der Waals surface area contributed by atoms with Gasteiger partial charge in [-0.2, -0.15) is 5.26 Å². The van der Waals surface area contributed by atoms with E-state index in [0.717, 1.165) is 17.4 Å². The first-order valence-electron chi connectivity index (χ1n) is 5.58. The molecule has 0 saturated carbocycles. The van der Waals surface area contributed by atoms with Crippen LogP contribution in [0.1, 0.15) is 12.0 Å². The molecule has 0 atom stereocenters. The predicted molar refractivity (Wildman–Crippen MR) is 71.2 cm³/mol. The van der Waals surface area contributed by atoms with E-state index in [0.29, 0.717) is 17.9 Å². The molecule has 0 radical (unpaired) electrons. The number of benzene rings is 1. The topological polar surface area (TPSA) is 50.8 Å². The number of aryl methyl sites for hydroxylation is 1. The van der Waals surface area contributed by atoms with E-state index < -0.39 is 0 Å². The lowest BCUT2D eigenvalue weighted by atomic mass is 10.2. The number of hydrogen-bond donors (Lipinski definition) is 0. The van der Waals surface area contributed by atoms with E-state index in [1.165, 1.54) is 0 Å². The molecule has 0 fully saturated rings. The second-order valence-electron chi connectivity index (χ2n) is 3.75. The molecule has 0 N–H and O–H groups in total. The fourth-order valence-corrected chi connectivity index (χ4v) is 1.92. The Morgan fingerprint density at radius 2 is 2.33 bits per heavy atom. The van der Waals surface area contributed by atoms with Crippen molar-refractivity contribution in [3.63, 3.8) is 0 Å². The summed E-state index contributed by atoms with van der Waals surface area (Å²) in [5.41, 5.74) is 0.548. The van der Waals surface area contributed by atoms with Gasteiger partial charge in [-0.15, -0.1) is 0 Å². The van der Waals surface area contributed by atoms with Crippen LogP contribution in [0.3, 0.4) is 0 Å². The summed E-state index contributed by atoms with van der Waals surface area (Å²) in [6.45, 7) is 1.44. The lowest BCUT2D eigenvalue weighted by Crippen LogP contribution is -2.03. The number of halogens is 1. The van der Waals surface area contributed by atoms with Crippen LogP contribution in [0.15, 0.2) is 41.4 Å². The summed E-state index contributed by atoms with van der Waals surface area (Å²) in [7, 11) is 0. The smallest absolute Gasteiger partial charge is 0.137 e. The molecule has 1 heterocycles. The van der Waals surface area contributed by atoms with E-state index in [-0.39, 0.29) is 0 Å². The Labute approximate surface area is 114 Å². The Kier molecular flexibility index (Phi) is 4.37. The van der Waals surface area contributed by atoms with Crippen LogP contribution in [-0.2, 0) is 6.54 Å². The van der Waals surface area contributed by atoms with Gasteiger partial charge in [0.05, 0.1) is 18.5 Å². The van der Waals surface area contributed by atoms with E-state index in [2.05, 4.69) is 27.0 Å². The largest absolute Gasteiger partial charge is 0.492 e. The second kappa shape index (κ2) is 6.22. The van der Waals surface area contributed by atoms with E-state index >= 15 is 0 Å². The molecule has 1 aromatic heterocycles. The molecular weight excluding hydrogens is 294 g/mol. The van der Waals surface area contributed by atoms with Crippen molar-refractivity contribution in [2.45, 2.75) is 13.0 Å². The summed E-state index contributed by atoms with van der Waals surface area (Å²) in [4.78, 5) is 3.97. The van der Waals surface area contributed by atoms with Crippen LogP contribution in [0.2, 0.25) is 0 Å². The van der Waals surface area contributed by atoms with Crippen molar-refractivity contribution in [2.75, 3.05) is 6.61 Å². The molecule has 1 aromatic carbocycles. The quantitative estimate of drug-likeness (QED) is 0.798. The number of hydrogen-bond acceptors (Lipinski definition) is 3. The first-order chi connectivity index (χ1) is 8.79. The van der Waals surface area contributed by atoms with Gasteiger partial charge in [0.1, 0.15) is 11.8 Å². The molecule has 0 bridgehead atoms. The molecule has 5 heteroatoms. The molecule has 0 amide bonds. The maximum atomic E-state index is 8.99. The number of ether oxygens (including phenoxy) is 1. The zero-order valence-corrected chi connectivity index (χ0v) is 11.3. The summed E-state index contributed by atoms with van der Waals surface area (Å²) < 4.78 is 8.48. The van der Waals surface area contributed by atoms with Gasteiger partial charge in [-0.1, -0.05) is 15.9 Å². The third kappa shape index (κ3) is 3.34. The zero-order valence-electron chi connectivity index (χ0n) is 9.71. The van der Waals surface area contributed by atoms with Crippen LogP contribution >= 0.6 is 15.9 Å². The molecule has 2 rings (SSSR count). The summed E-state index contributed by atoms with van der Waals surface area (Å²) in [5.74, 6) is 0.631. The van der Waals surface area contributed by atoms with Crippen LogP contribution in [0.5, 0.6) is 5.75 Å². The first-order valence-corrected chi connectivity index (χ1v) is 6.37. The van der Waals surface area contributed by atoms with Gasteiger partial charge in [-0.3, -0.25) is 0 Å². The molecular formula is C13H12BrN3O. The van der Waals surface area contributed by atoms with E-state index in [1.807, 2.05) is 16.8 Å². The zero-order chi connectivity index (χ0) is 12.8. The fourth-order valence-electron chi connectivity index (χ4n) is 1.56. The van der Waals surface area contributed by atoms with Gasteiger partial charge >= 0.3 is 0 Å². The molecule has 0 aliphatic heterocycles. The highest BCUT2D eigenvalue weighted by molar-refractivity contribution is 9.10. The fraction of sp³-hybridized carbons (Fsp3) is 0.231. The number of aromatic nitrogens is 2. The van der Waals surface area contributed by atoms with Crippen LogP contribution < -0.4 is 4.74 Å². The summed E-state index contributed by atoms with van der Waals surface area (Å²) in [6.07, 6.45) is 6.32. The molecule has 0 aliphatic rings. The summed E-state index contributed by atoms with van der Waals surface area (Å²) >= 11 is 3.33. The van der Waals surface area contributed by atoms with Crippen molar-refractivity contribution in [1.29, 1.82) is 5.26 Å². The van der Waals surface area contributed by atoms with Crippen molar-refractivity contribution in [1.82, 2.24) is 9.55 Å². The molecule has 0 saturated heterocycles. The van der Waals surface area contributed by atoms with Gasteiger partial charge in [0.2, 0.25) is 0 Å². The van der Waals surface area contributed by atoms with Gasteiger partial charge < -0.3 is 9.30 Å². The average molecular weight is 306 g/mol. The highest BCUT2D eigenvalue weighted by Gasteiger charge is 2.03. The van der Waals surface area contributed by atoms with Gasteiger partial charge in [-0.25, -0.2) is 4.98 Å². The molecule has 4 nitrogen and oxygen atoms in total. The third-order valence-electron chi connectivity index (χ3n) is 2.44. The molecule has 92 valence electrons. The van der Waals surface area contributed by atoms with Crippen molar-refractivity contribution in [2.24, 2.45) is 0 Å². The summed E-state index contributed by atoms with van der Waals surface area (Å²) in [6, 6.07) is 7.55. The molecule has 0 spiro atoms. The SMILES string of the molecule is N#Cc1cc(Br)ccc1OCCCn1ccnc1. The van der Waals surface area contributed by atoms with Crippen LogP contribution in [0, 0.1) is 11.3 Å². The van der Waals surface area contributed by atoms with Crippen molar-refractivity contribution in [3.05, 3.63) is 47.0 Å². The number of imidazole rings is 1. The minimum atomic E-state index is 0.548. The van der Waals surface area contributed by atoms with Crippen LogP contribution in [-0.4, -0.2) is 16.2 Å². The number of nitriles is 1. The standard InChI is InChI=1S/C13H12BrN3O/c14-12-2-3-13(11(8-12)9-15)18-7-1-5-17-6-4-16-10-17/h2-4,6,8,10H,1,5,7H2. The maximum absolute atomic E-state index is 8.99. The summed E-state index contributed by atoms with van der Waals surface area (Å²) in [5, 5.41) is 8.99. The minimum absolute atomic E-state index is 0.548. The van der Waals surface area contributed by atoms with Gasteiger partial charge in [0.25, 0.3) is 0 Å². The van der Waals surface area contributed by atoms with Crippen LogP contribution in [0.4, 0.5) is 0 Å². The Hall–Kier alpha value is -1.80. The van der Waals surface area contributed by atoms with Crippen molar-refractivity contribution < 1.29 is 4.74 Å². The van der Waals surface area contributed by atoms with Gasteiger partial charge in [0, 0.05) is 23.4 Å². The Morgan fingerprint density at radius 1 is 1.44 bits per heavy atom. The Bertz CT molecular complexity index is 546. The molecule has 2 aromatic rings. The number of rotatable bonds is 5. The molecule has 0 aliphatic carbocycles. The van der Waals surface area contributed by atoms with Crippen LogP contribution in [0.25, 0.3) is 0 Å². The van der Waals surface area contributed by atoms with Crippen molar-refractivity contribution in [3.8, 4) is 11.8 Å². The lowest BCUT2D eigenvalue weighted by Gasteiger charge is -2.08. The Morgan fingerprint density at radius 3 is 3.06 bits per heavy atom. The average Bonchev–Trinajstić information content (AvgIpc) is 2.89. The Balaban J connectivity index is 1.85. The normalized spacial score (nSPS) is 10.0. The molecule has 0 unspecified atom stereocenters. The minimum Gasteiger partial charge on any atom is -0.492 e. The highest BCUT2D eigenvalue weighted by atomic mass is 79.9. The maximum Gasteiger partial charge on any atom is 0.137 e. The van der Waals surface area contributed by atoms with E-state index in [1.54, 1.807) is 24.7 Å².